The summed E-state index contributed by atoms with van der Waals surface area (Å²) in [4.78, 5) is 24.1. The fourth-order valence-corrected chi connectivity index (χ4v) is 3.10. The molecule has 1 aliphatic rings. The number of nitrogens with two attached hydrogens (primary N) is 1. The predicted octanol–water partition coefficient (Wildman–Crippen LogP) is 2.15. The fourth-order valence-electron chi connectivity index (χ4n) is 2.11. The highest BCUT2D eigenvalue weighted by atomic mass is 32.1. The van der Waals surface area contributed by atoms with Gasteiger partial charge in [0.2, 0.25) is 0 Å². The molecule has 0 spiro atoms. The number of fused-ring (bicyclic) bond motifs is 1. The third-order valence-electron chi connectivity index (χ3n) is 3.40. The lowest BCUT2D eigenvalue weighted by Crippen LogP contribution is -2.32. The van der Waals surface area contributed by atoms with Crippen molar-refractivity contribution in [1.29, 1.82) is 0 Å². The van der Waals surface area contributed by atoms with Crippen LogP contribution in [0.25, 0.3) is 10.3 Å². The maximum absolute atomic E-state index is 12.5. The van der Waals surface area contributed by atoms with E-state index in [1.165, 1.54) is 24.2 Å². The maximum Gasteiger partial charge on any atom is 0.266 e. The maximum atomic E-state index is 12.5. The third kappa shape index (κ3) is 2.28. The number of anilines is 1. The van der Waals surface area contributed by atoms with Crippen molar-refractivity contribution in [3.8, 4) is 0 Å². The van der Waals surface area contributed by atoms with Gasteiger partial charge in [0.1, 0.15) is 15.2 Å². The molecule has 2 aromatic heterocycles. The van der Waals surface area contributed by atoms with Gasteiger partial charge in [-0.25, -0.2) is 9.97 Å². The van der Waals surface area contributed by atoms with Crippen LogP contribution in [0, 0.1) is 5.92 Å². The molecule has 1 fully saturated rings. The molecule has 0 aliphatic heterocycles. The lowest BCUT2D eigenvalue weighted by molar-refractivity contribution is 0.0763. The molecular formula is C13H16N4OS. The summed E-state index contributed by atoms with van der Waals surface area (Å²) in [6, 6.07) is 0. The minimum Gasteiger partial charge on any atom is -0.396 e. The van der Waals surface area contributed by atoms with Gasteiger partial charge < -0.3 is 10.6 Å². The summed E-state index contributed by atoms with van der Waals surface area (Å²) >= 11 is 1.33. The molecular weight excluding hydrogens is 260 g/mol. The quantitative estimate of drug-likeness (QED) is 0.928. The zero-order chi connectivity index (χ0) is 13.4. The van der Waals surface area contributed by atoms with E-state index in [2.05, 4.69) is 9.97 Å². The average molecular weight is 276 g/mol. The van der Waals surface area contributed by atoms with Gasteiger partial charge in [0.25, 0.3) is 5.91 Å². The largest absolute Gasteiger partial charge is 0.396 e. The predicted molar refractivity (Wildman–Crippen MR) is 76.1 cm³/mol. The number of thiophene rings is 1. The van der Waals surface area contributed by atoms with Crippen LogP contribution < -0.4 is 5.73 Å². The molecule has 0 aromatic carbocycles. The Bertz CT molecular complexity index is 620. The number of amides is 1. The van der Waals surface area contributed by atoms with E-state index in [9.17, 15) is 4.79 Å². The van der Waals surface area contributed by atoms with Gasteiger partial charge in [-0.1, -0.05) is 0 Å². The van der Waals surface area contributed by atoms with Crippen LogP contribution in [0.15, 0.2) is 12.4 Å². The molecule has 100 valence electrons. The lowest BCUT2D eigenvalue weighted by atomic mass is 10.3. The first-order valence-electron chi connectivity index (χ1n) is 6.49. The first kappa shape index (κ1) is 12.3. The summed E-state index contributed by atoms with van der Waals surface area (Å²) in [5.74, 6) is 0.687. The van der Waals surface area contributed by atoms with Crippen LogP contribution in [-0.4, -0.2) is 33.9 Å². The Balaban J connectivity index is 1.93. The fraction of sp³-hybridized carbons (Fsp3) is 0.462. The van der Waals surface area contributed by atoms with E-state index in [1.54, 1.807) is 12.4 Å². The highest BCUT2D eigenvalue weighted by molar-refractivity contribution is 7.21. The van der Waals surface area contributed by atoms with Crippen LogP contribution in [-0.2, 0) is 0 Å². The van der Waals surface area contributed by atoms with E-state index in [1.807, 2.05) is 11.8 Å². The van der Waals surface area contributed by atoms with Gasteiger partial charge in [0.05, 0.1) is 5.69 Å². The smallest absolute Gasteiger partial charge is 0.266 e. The summed E-state index contributed by atoms with van der Waals surface area (Å²) < 4.78 is 0. The number of hydrogen-bond acceptors (Lipinski definition) is 5. The van der Waals surface area contributed by atoms with Gasteiger partial charge >= 0.3 is 0 Å². The van der Waals surface area contributed by atoms with Gasteiger partial charge in [-0.15, -0.1) is 11.3 Å². The van der Waals surface area contributed by atoms with E-state index in [4.69, 9.17) is 5.73 Å². The minimum atomic E-state index is 0.0108. The summed E-state index contributed by atoms with van der Waals surface area (Å²) in [7, 11) is 0. The molecule has 2 aromatic rings. The van der Waals surface area contributed by atoms with Crippen molar-refractivity contribution in [2.75, 3.05) is 18.8 Å². The molecule has 0 bridgehead atoms. The number of carbonyl (C=O) groups excluding carboxylic acids is 1. The highest BCUT2D eigenvalue weighted by Gasteiger charge is 2.28. The van der Waals surface area contributed by atoms with Crippen molar-refractivity contribution in [2.45, 2.75) is 19.8 Å². The molecule has 2 N–H and O–H groups in total. The van der Waals surface area contributed by atoms with Crippen LogP contribution in [0.2, 0.25) is 0 Å². The summed E-state index contributed by atoms with van der Waals surface area (Å²) in [5.41, 5.74) is 7.14. The van der Waals surface area contributed by atoms with E-state index in [0.29, 0.717) is 28.5 Å². The van der Waals surface area contributed by atoms with Crippen molar-refractivity contribution in [3.05, 3.63) is 17.3 Å². The van der Waals surface area contributed by atoms with Crippen LogP contribution in [0.3, 0.4) is 0 Å². The first-order chi connectivity index (χ1) is 9.20. The molecule has 6 heteroatoms. The van der Waals surface area contributed by atoms with E-state index >= 15 is 0 Å². The standard InChI is InChI=1S/C13H16N4OS/c1-2-17(7-8-3-4-8)13(18)11-9(14)10-12(19-11)16-6-5-15-10/h5-6,8H,2-4,7,14H2,1H3. The molecule has 0 radical (unpaired) electrons. The number of aromatic nitrogens is 2. The topological polar surface area (TPSA) is 72.1 Å². The first-order valence-corrected chi connectivity index (χ1v) is 7.30. The Morgan fingerprint density at radius 3 is 2.84 bits per heavy atom. The van der Waals surface area contributed by atoms with Gasteiger partial charge in [-0.3, -0.25) is 4.79 Å². The van der Waals surface area contributed by atoms with Crippen molar-refractivity contribution in [3.63, 3.8) is 0 Å². The second-order valence-electron chi connectivity index (χ2n) is 4.84. The summed E-state index contributed by atoms with van der Waals surface area (Å²) in [6.45, 7) is 3.55. The molecule has 3 rings (SSSR count). The Labute approximate surface area is 115 Å². The molecule has 0 unspecified atom stereocenters. The van der Waals surface area contributed by atoms with Crippen LogP contribution in [0.1, 0.15) is 29.4 Å². The molecule has 19 heavy (non-hydrogen) atoms. The summed E-state index contributed by atoms with van der Waals surface area (Å²) in [6.07, 6.45) is 5.68. The Morgan fingerprint density at radius 1 is 1.47 bits per heavy atom. The lowest BCUT2D eigenvalue weighted by Gasteiger charge is -2.20. The van der Waals surface area contributed by atoms with Crippen molar-refractivity contribution < 1.29 is 4.79 Å². The van der Waals surface area contributed by atoms with Crippen molar-refractivity contribution in [2.24, 2.45) is 5.92 Å². The zero-order valence-corrected chi connectivity index (χ0v) is 11.6. The molecule has 1 amide bonds. The zero-order valence-electron chi connectivity index (χ0n) is 10.8. The molecule has 0 saturated heterocycles. The number of hydrogen-bond donors (Lipinski definition) is 1. The van der Waals surface area contributed by atoms with Gasteiger partial charge in [-0.05, 0) is 25.7 Å². The Hall–Kier alpha value is -1.69. The van der Waals surface area contributed by atoms with Gasteiger partial charge in [-0.2, -0.15) is 0 Å². The molecule has 5 nitrogen and oxygen atoms in total. The Morgan fingerprint density at radius 2 is 2.21 bits per heavy atom. The van der Waals surface area contributed by atoms with Crippen LogP contribution in [0.5, 0.6) is 0 Å². The number of nitrogens with zero attached hydrogens (tertiary/aromatic N) is 3. The monoisotopic (exact) mass is 276 g/mol. The highest BCUT2D eigenvalue weighted by Crippen LogP contribution is 2.33. The van der Waals surface area contributed by atoms with Gasteiger partial charge in [0.15, 0.2) is 0 Å². The molecule has 0 atom stereocenters. The SMILES string of the molecule is CCN(CC1CC1)C(=O)c1sc2nccnc2c1N. The second kappa shape index (κ2) is 4.77. The van der Waals surface area contributed by atoms with E-state index < -0.39 is 0 Å². The van der Waals surface area contributed by atoms with Crippen LogP contribution >= 0.6 is 11.3 Å². The molecule has 1 saturated carbocycles. The van der Waals surface area contributed by atoms with Crippen LogP contribution in [0.4, 0.5) is 5.69 Å². The van der Waals surface area contributed by atoms with Gasteiger partial charge in [0, 0.05) is 25.5 Å². The molecule has 2 heterocycles. The average Bonchev–Trinajstić information content (AvgIpc) is 3.19. The minimum absolute atomic E-state index is 0.0108. The number of nitrogen functional groups attached to an aromatic ring is 1. The normalized spacial score (nSPS) is 14.8. The second-order valence-corrected chi connectivity index (χ2v) is 5.84. The van der Waals surface area contributed by atoms with E-state index in [0.717, 1.165) is 11.4 Å². The summed E-state index contributed by atoms with van der Waals surface area (Å²) in [5, 5.41) is 0. The third-order valence-corrected chi connectivity index (χ3v) is 4.49. The van der Waals surface area contributed by atoms with E-state index in [-0.39, 0.29) is 5.91 Å². The number of rotatable bonds is 4. The Kier molecular flexibility index (Phi) is 3.10. The number of carbonyl (C=O) groups is 1. The molecule has 1 aliphatic carbocycles. The van der Waals surface area contributed by atoms with Crippen molar-refractivity contribution >= 4 is 33.3 Å². The van der Waals surface area contributed by atoms with Crippen molar-refractivity contribution in [1.82, 2.24) is 14.9 Å².